The van der Waals surface area contributed by atoms with Crippen LogP contribution in [0.1, 0.15) is 48.5 Å². The number of ketones is 1. The molecule has 2 aromatic carbocycles. The van der Waals surface area contributed by atoms with E-state index in [0.717, 1.165) is 12.0 Å². The Balaban J connectivity index is 1.65. The van der Waals surface area contributed by atoms with Gasteiger partial charge in [-0.1, -0.05) is 38.1 Å². The number of carbonyl (C=O) groups is 3. The number of ether oxygens (including phenoxy) is 1. The Morgan fingerprint density at radius 1 is 1.16 bits per heavy atom. The van der Waals surface area contributed by atoms with E-state index in [-0.39, 0.29) is 17.9 Å². The van der Waals surface area contributed by atoms with E-state index in [9.17, 15) is 18.8 Å². The number of carbonyl (C=O) groups excluding carboxylic acids is 3. The number of halogens is 1. The number of benzene rings is 2. The SMILES string of the molecule is CC[C@@H](C)c1ccc(C(=O)COC(=O)C2=NN(c3ccc(F)cc3)[C@@H](C(N)=O)C2)cc1. The Morgan fingerprint density at radius 3 is 2.39 bits per heavy atom. The van der Waals surface area contributed by atoms with E-state index >= 15 is 0 Å². The number of anilines is 1. The number of esters is 1. The molecule has 8 heteroatoms. The molecule has 0 saturated carbocycles. The van der Waals surface area contributed by atoms with Gasteiger partial charge in [0.1, 0.15) is 17.6 Å². The van der Waals surface area contributed by atoms with Gasteiger partial charge in [-0.2, -0.15) is 5.10 Å². The van der Waals surface area contributed by atoms with Gasteiger partial charge in [0.25, 0.3) is 0 Å². The number of hydrogen-bond acceptors (Lipinski definition) is 6. The quantitative estimate of drug-likeness (QED) is 0.517. The van der Waals surface area contributed by atoms with Crippen LogP contribution in [0.3, 0.4) is 0 Å². The summed E-state index contributed by atoms with van der Waals surface area (Å²) in [5.41, 5.74) is 7.37. The third-order valence-electron chi connectivity index (χ3n) is 5.31. The summed E-state index contributed by atoms with van der Waals surface area (Å²) in [6.07, 6.45) is 0.928. The van der Waals surface area contributed by atoms with Crippen LogP contribution in [0.25, 0.3) is 0 Å². The largest absolute Gasteiger partial charge is 0.453 e. The number of hydrogen-bond donors (Lipinski definition) is 1. The summed E-state index contributed by atoms with van der Waals surface area (Å²) in [6.45, 7) is 3.75. The van der Waals surface area contributed by atoms with Crippen LogP contribution in [0, 0.1) is 5.82 Å². The van der Waals surface area contributed by atoms with Crippen molar-refractivity contribution in [3.63, 3.8) is 0 Å². The van der Waals surface area contributed by atoms with Gasteiger partial charge in [-0.05, 0) is 42.2 Å². The first kappa shape index (κ1) is 22.1. The third-order valence-corrected chi connectivity index (χ3v) is 5.31. The molecule has 0 radical (unpaired) electrons. The fourth-order valence-corrected chi connectivity index (χ4v) is 3.22. The first-order chi connectivity index (χ1) is 14.8. The van der Waals surface area contributed by atoms with Gasteiger partial charge in [0.05, 0.1) is 5.69 Å². The molecule has 1 aliphatic heterocycles. The van der Waals surface area contributed by atoms with Gasteiger partial charge in [0, 0.05) is 12.0 Å². The maximum atomic E-state index is 13.2. The molecule has 0 fully saturated rings. The number of nitrogens with zero attached hydrogens (tertiary/aromatic N) is 2. The minimum absolute atomic E-state index is 0.0342. The van der Waals surface area contributed by atoms with Gasteiger partial charge in [-0.25, -0.2) is 9.18 Å². The van der Waals surface area contributed by atoms with E-state index in [4.69, 9.17) is 10.5 Å². The Labute approximate surface area is 179 Å². The molecule has 0 spiro atoms. The van der Waals surface area contributed by atoms with E-state index in [1.54, 1.807) is 12.1 Å². The number of hydrazone groups is 1. The van der Waals surface area contributed by atoms with E-state index in [1.165, 1.54) is 29.3 Å². The number of nitrogens with two attached hydrogens (primary N) is 1. The molecule has 2 aromatic rings. The molecule has 0 saturated heterocycles. The molecular formula is C23H24FN3O4. The van der Waals surface area contributed by atoms with E-state index in [2.05, 4.69) is 18.9 Å². The van der Waals surface area contributed by atoms with Crippen LogP contribution < -0.4 is 10.7 Å². The molecule has 0 aliphatic carbocycles. The third kappa shape index (κ3) is 5.14. The molecule has 0 aromatic heterocycles. The Hall–Kier alpha value is -3.55. The Bertz CT molecular complexity index is 1000. The lowest BCUT2D eigenvalue weighted by Crippen LogP contribution is -2.39. The van der Waals surface area contributed by atoms with Crippen LogP contribution in [-0.4, -0.2) is 36.0 Å². The van der Waals surface area contributed by atoms with Crippen LogP contribution in [-0.2, 0) is 14.3 Å². The van der Waals surface area contributed by atoms with Gasteiger partial charge < -0.3 is 10.5 Å². The minimum Gasteiger partial charge on any atom is -0.453 e. The normalized spacial score (nSPS) is 16.5. The van der Waals surface area contributed by atoms with Crippen LogP contribution in [0.2, 0.25) is 0 Å². The first-order valence-corrected chi connectivity index (χ1v) is 10.0. The Kier molecular flexibility index (Phi) is 6.79. The average molecular weight is 425 g/mol. The first-order valence-electron chi connectivity index (χ1n) is 10.0. The maximum absolute atomic E-state index is 13.2. The monoisotopic (exact) mass is 425 g/mol. The van der Waals surface area contributed by atoms with Gasteiger partial charge in [0.2, 0.25) is 5.91 Å². The van der Waals surface area contributed by atoms with Crippen molar-refractivity contribution in [2.75, 3.05) is 11.6 Å². The number of Topliss-reactive ketones (excluding diaryl/α,β-unsaturated/α-hetero) is 1. The molecule has 0 bridgehead atoms. The van der Waals surface area contributed by atoms with Crippen LogP contribution in [0.4, 0.5) is 10.1 Å². The average Bonchev–Trinajstić information content (AvgIpc) is 3.23. The molecular weight excluding hydrogens is 401 g/mol. The van der Waals surface area contributed by atoms with E-state index in [1.807, 2.05) is 12.1 Å². The van der Waals surface area contributed by atoms with Crippen molar-refractivity contribution in [2.45, 2.75) is 38.6 Å². The second-order valence-corrected chi connectivity index (χ2v) is 7.42. The number of amides is 1. The fourth-order valence-electron chi connectivity index (χ4n) is 3.22. The second-order valence-electron chi connectivity index (χ2n) is 7.42. The summed E-state index contributed by atoms with van der Waals surface area (Å²) in [5.74, 6) is -1.89. The smallest absolute Gasteiger partial charge is 0.355 e. The molecule has 2 atom stereocenters. The number of primary amides is 1. The van der Waals surface area contributed by atoms with Crippen molar-refractivity contribution in [1.29, 1.82) is 0 Å². The van der Waals surface area contributed by atoms with Crippen molar-refractivity contribution in [2.24, 2.45) is 10.8 Å². The summed E-state index contributed by atoms with van der Waals surface area (Å²) >= 11 is 0. The highest BCUT2D eigenvalue weighted by Crippen LogP contribution is 2.25. The molecule has 7 nitrogen and oxygen atoms in total. The van der Waals surface area contributed by atoms with Crippen molar-refractivity contribution in [1.82, 2.24) is 0 Å². The lowest BCUT2D eigenvalue weighted by Gasteiger charge is -2.20. The molecule has 1 aliphatic rings. The molecule has 1 amide bonds. The van der Waals surface area contributed by atoms with Crippen molar-refractivity contribution in [3.8, 4) is 0 Å². The zero-order valence-electron chi connectivity index (χ0n) is 17.4. The van der Waals surface area contributed by atoms with Gasteiger partial charge in [-0.3, -0.25) is 14.6 Å². The summed E-state index contributed by atoms with van der Waals surface area (Å²) in [5, 5.41) is 5.38. The molecule has 162 valence electrons. The van der Waals surface area contributed by atoms with Crippen molar-refractivity contribution < 1.29 is 23.5 Å². The van der Waals surface area contributed by atoms with Crippen LogP contribution in [0.5, 0.6) is 0 Å². The molecule has 2 N–H and O–H groups in total. The minimum atomic E-state index is -0.906. The fraction of sp³-hybridized carbons (Fsp3) is 0.304. The molecule has 1 heterocycles. The molecule has 0 unspecified atom stereocenters. The Morgan fingerprint density at radius 2 is 1.81 bits per heavy atom. The second kappa shape index (κ2) is 9.51. The van der Waals surface area contributed by atoms with Crippen molar-refractivity contribution in [3.05, 3.63) is 65.5 Å². The van der Waals surface area contributed by atoms with Crippen LogP contribution >= 0.6 is 0 Å². The highest BCUT2D eigenvalue weighted by Gasteiger charge is 2.35. The predicted octanol–water partition coefficient (Wildman–Crippen LogP) is 3.19. The lowest BCUT2D eigenvalue weighted by molar-refractivity contribution is -0.134. The standard InChI is InChI=1S/C23H24FN3O4/c1-3-14(2)15-4-6-16(7-5-15)21(28)13-31-23(30)19-12-20(22(25)29)27(26-19)18-10-8-17(24)9-11-18/h4-11,14,20H,3,12-13H2,1-2H3,(H2,25,29)/t14-,20-/m1/s1. The zero-order chi connectivity index (χ0) is 22.5. The zero-order valence-corrected chi connectivity index (χ0v) is 17.4. The summed E-state index contributed by atoms with van der Waals surface area (Å²) in [7, 11) is 0. The van der Waals surface area contributed by atoms with Crippen molar-refractivity contribution >= 4 is 29.1 Å². The predicted molar refractivity (Wildman–Crippen MR) is 114 cm³/mol. The molecule has 31 heavy (non-hydrogen) atoms. The highest BCUT2D eigenvalue weighted by atomic mass is 19.1. The summed E-state index contributed by atoms with van der Waals surface area (Å²) in [6, 6.07) is 11.6. The van der Waals surface area contributed by atoms with Gasteiger partial charge >= 0.3 is 5.97 Å². The van der Waals surface area contributed by atoms with Crippen LogP contribution in [0.15, 0.2) is 53.6 Å². The highest BCUT2D eigenvalue weighted by molar-refractivity contribution is 6.38. The summed E-state index contributed by atoms with van der Waals surface area (Å²) < 4.78 is 18.3. The number of rotatable bonds is 8. The molecule has 3 rings (SSSR count). The topological polar surface area (TPSA) is 102 Å². The lowest BCUT2D eigenvalue weighted by atomic mass is 9.97. The summed E-state index contributed by atoms with van der Waals surface area (Å²) in [4.78, 5) is 36.6. The van der Waals surface area contributed by atoms with E-state index < -0.39 is 30.3 Å². The van der Waals surface area contributed by atoms with Gasteiger partial charge in [-0.15, -0.1) is 0 Å². The van der Waals surface area contributed by atoms with Gasteiger partial charge in [0.15, 0.2) is 12.4 Å². The van der Waals surface area contributed by atoms with E-state index in [0.29, 0.717) is 17.2 Å². The maximum Gasteiger partial charge on any atom is 0.355 e.